The van der Waals surface area contributed by atoms with Crippen LogP contribution in [0.25, 0.3) is 11.3 Å². The summed E-state index contributed by atoms with van der Waals surface area (Å²) in [5.41, 5.74) is 14.5. The second kappa shape index (κ2) is 9.46. The van der Waals surface area contributed by atoms with E-state index >= 15 is 0 Å². The Bertz CT molecular complexity index is 1160. The Morgan fingerprint density at radius 2 is 1.91 bits per heavy atom. The van der Waals surface area contributed by atoms with Crippen molar-refractivity contribution in [1.82, 2.24) is 15.0 Å². The van der Waals surface area contributed by atoms with Gasteiger partial charge in [-0.05, 0) is 17.9 Å². The number of benzene rings is 1. The Morgan fingerprint density at radius 1 is 1.18 bits per heavy atom. The van der Waals surface area contributed by atoms with E-state index in [4.69, 9.17) is 16.2 Å². The molecule has 4 rings (SSSR count). The summed E-state index contributed by atoms with van der Waals surface area (Å²) in [6.45, 7) is 5.98. The minimum absolute atomic E-state index is 0.0143. The molecule has 1 aromatic carbocycles. The van der Waals surface area contributed by atoms with Gasteiger partial charge in [0.05, 0.1) is 42.1 Å². The van der Waals surface area contributed by atoms with Gasteiger partial charge in [0.15, 0.2) is 11.5 Å². The predicted octanol–water partition coefficient (Wildman–Crippen LogP) is 2.94. The summed E-state index contributed by atoms with van der Waals surface area (Å²) in [4.78, 5) is 25.9. The Hall–Kier alpha value is -3.40. The molecule has 0 unspecified atom stereocenters. The number of amides is 1. The lowest BCUT2D eigenvalue weighted by Gasteiger charge is -2.44. The van der Waals surface area contributed by atoms with Crippen LogP contribution in [0, 0.1) is 5.41 Å². The molecule has 0 aliphatic carbocycles. The molecule has 178 valence electrons. The molecule has 6 N–H and O–H groups in total. The van der Waals surface area contributed by atoms with Crippen LogP contribution in [-0.4, -0.2) is 44.2 Å². The molecule has 2 aromatic heterocycles. The fourth-order valence-corrected chi connectivity index (χ4v) is 4.13. The van der Waals surface area contributed by atoms with E-state index < -0.39 is 30.3 Å². The molecule has 0 saturated carbocycles. The first-order chi connectivity index (χ1) is 16.1. The number of nitrogen functional groups attached to an aromatic ring is 1. The van der Waals surface area contributed by atoms with Gasteiger partial charge in [0, 0.05) is 23.4 Å². The maximum Gasteiger partial charge on any atom is 0.278 e. The number of aliphatic hydroxyl groups excluding tert-OH is 1. The first-order valence-corrected chi connectivity index (χ1v) is 11.2. The highest BCUT2D eigenvalue weighted by molar-refractivity contribution is 6.06. The second-order valence-corrected chi connectivity index (χ2v) is 9.57. The highest BCUT2D eigenvalue weighted by Gasteiger charge is 2.43. The summed E-state index contributed by atoms with van der Waals surface area (Å²) in [6.07, 6.45) is 3.41. The van der Waals surface area contributed by atoms with E-state index in [0.717, 1.165) is 5.56 Å². The summed E-state index contributed by atoms with van der Waals surface area (Å²) < 4.78 is 6.29. The van der Waals surface area contributed by atoms with Crippen molar-refractivity contribution >= 4 is 17.4 Å². The van der Waals surface area contributed by atoms with Crippen LogP contribution < -0.4 is 16.8 Å². The van der Waals surface area contributed by atoms with Crippen LogP contribution in [0.3, 0.4) is 0 Å². The minimum Gasteiger partial charge on any atom is -0.389 e. The number of aliphatic hydroxyl groups is 1. The number of rotatable bonds is 4. The summed E-state index contributed by atoms with van der Waals surface area (Å²) >= 11 is 0. The van der Waals surface area contributed by atoms with Gasteiger partial charge >= 0.3 is 0 Å². The van der Waals surface area contributed by atoms with Crippen LogP contribution in [0.15, 0.2) is 55.0 Å². The Labute approximate surface area is 198 Å². The molecule has 1 aliphatic rings. The maximum atomic E-state index is 13.2. The number of carbonyl (C=O) groups is 1. The van der Waals surface area contributed by atoms with Crippen molar-refractivity contribution in [3.63, 3.8) is 0 Å². The molecule has 4 atom stereocenters. The van der Waals surface area contributed by atoms with E-state index in [1.54, 1.807) is 18.5 Å². The zero-order chi connectivity index (χ0) is 24.5. The minimum atomic E-state index is -0.785. The summed E-state index contributed by atoms with van der Waals surface area (Å²) in [5.74, 6) is -0.487. The third kappa shape index (κ3) is 4.91. The topological polar surface area (TPSA) is 149 Å². The highest BCUT2D eigenvalue weighted by Crippen LogP contribution is 2.40. The predicted molar refractivity (Wildman–Crippen MR) is 130 cm³/mol. The molecule has 0 radical (unpaired) electrons. The molecule has 0 spiro atoms. The molecule has 1 aliphatic heterocycles. The number of nitrogens with two attached hydrogens (primary N) is 2. The van der Waals surface area contributed by atoms with Crippen molar-refractivity contribution in [1.29, 1.82) is 0 Å². The lowest BCUT2D eigenvalue weighted by molar-refractivity contribution is -0.167. The van der Waals surface area contributed by atoms with Gasteiger partial charge in [0.2, 0.25) is 0 Å². The van der Waals surface area contributed by atoms with Crippen molar-refractivity contribution < 1.29 is 14.6 Å². The molecule has 9 heteroatoms. The first kappa shape index (κ1) is 23.7. The summed E-state index contributed by atoms with van der Waals surface area (Å²) in [5, 5.41) is 13.4. The van der Waals surface area contributed by atoms with Crippen molar-refractivity contribution in [2.75, 3.05) is 11.1 Å². The van der Waals surface area contributed by atoms with Crippen molar-refractivity contribution in [2.24, 2.45) is 11.1 Å². The fraction of sp³-hybridized carbons (Fsp3) is 0.360. The van der Waals surface area contributed by atoms with Gasteiger partial charge in [0.25, 0.3) is 5.91 Å². The van der Waals surface area contributed by atoms with Crippen molar-refractivity contribution in [3.8, 4) is 11.3 Å². The molecule has 3 heterocycles. The molecule has 0 bridgehead atoms. The van der Waals surface area contributed by atoms with Crippen LogP contribution in [0.5, 0.6) is 0 Å². The van der Waals surface area contributed by atoms with Crippen LogP contribution in [0.2, 0.25) is 0 Å². The monoisotopic (exact) mass is 462 g/mol. The van der Waals surface area contributed by atoms with Crippen molar-refractivity contribution in [2.45, 2.75) is 51.5 Å². The first-order valence-electron chi connectivity index (χ1n) is 11.2. The summed E-state index contributed by atoms with van der Waals surface area (Å²) in [6, 6.07) is 10.7. The number of aromatic nitrogens is 3. The number of ether oxygens (including phenoxy) is 1. The molecule has 1 saturated heterocycles. The van der Waals surface area contributed by atoms with Gasteiger partial charge in [-0.2, -0.15) is 0 Å². The Balaban J connectivity index is 1.61. The van der Waals surface area contributed by atoms with Gasteiger partial charge in [-0.1, -0.05) is 51.1 Å². The van der Waals surface area contributed by atoms with Gasteiger partial charge in [-0.3, -0.25) is 9.78 Å². The van der Waals surface area contributed by atoms with Gasteiger partial charge in [0.1, 0.15) is 0 Å². The average molecular weight is 463 g/mol. The zero-order valence-corrected chi connectivity index (χ0v) is 19.5. The number of anilines is 2. The fourth-order valence-electron chi connectivity index (χ4n) is 4.13. The smallest absolute Gasteiger partial charge is 0.278 e. The van der Waals surface area contributed by atoms with Gasteiger partial charge < -0.3 is 26.6 Å². The van der Waals surface area contributed by atoms with E-state index in [2.05, 4.69) is 20.3 Å². The lowest BCUT2D eigenvalue weighted by atomic mass is 9.79. The number of pyridine rings is 1. The number of carbonyl (C=O) groups excluding carboxylic acids is 1. The van der Waals surface area contributed by atoms with Crippen molar-refractivity contribution in [3.05, 3.63) is 66.2 Å². The second-order valence-electron chi connectivity index (χ2n) is 9.57. The van der Waals surface area contributed by atoms with E-state index in [-0.39, 0.29) is 16.9 Å². The number of hydrogen-bond donors (Lipinski definition) is 4. The van der Waals surface area contributed by atoms with Crippen LogP contribution in [-0.2, 0) is 4.74 Å². The third-order valence-corrected chi connectivity index (χ3v) is 5.93. The van der Waals surface area contributed by atoms with Gasteiger partial charge in [-0.25, -0.2) is 9.97 Å². The molecule has 1 fully saturated rings. The van der Waals surface area contributed by atoms with Crippen LogP contribution >= 0.6 is 0 Å². The highest BCUT2D eigenvalue weighted by atomic mass is 16.5. The Kier molecular flexibility index (Phi) is 6.60. The SMILES string of the molecule is CC(C)(C)[C@H]1O[C@@H](c2ccncc2NC(=O)c2nc(-c3ccccc3)cnc2N)C[C@H](N)[C@@H]1O. The number of nitrogens with one attached hydrogen (secondary N) is 1. The lowest BCUT2D eigenvalue weighted by Crippen LogP contribution is -2.54. The molecule has 1 amide bonds. The van der Waals surface area contributed by atoms with Gasteiger partial charge in [-0.15, -0.1) is 0 Å². The number of hydrogen-bond acceptors (Lipinski definition) is 8. The average Bonchev–Trinajstić information content (AvgIpc) is 2.81. The zero-order valence-electron chi connectivity index (χ0n) is 19.5. The molecule has 3 aromatic rings. The largest absolute Gasteiger partial charge is 0.389 e. The van der Waals surface area contributed by atoms with E-state index in [9.17, 15) is 9.90 Å². The Morgan fingerprint density at radius 3 is 2.62 bits per heavy atom. The molecular weight excluding hydrogens is 432 g/mol. The maximum absolute atomic E-state index is 13.2. The molecular formula is C25H30N6O3. The quantitative estimate of drug-likeness (QED) is 0.462. The summed E-state index contributed by atoms with van der Waals surface area (Å²) in [7, 11) is 0. The van der Waals surface area contributed by atoms with Crippen LogP contribution in [0.4, 0.5) is 11.5 Å². The van der Waals surface area contributed by atoms with E-state index in [0.29, 0.717) is 23.4 Å². The third-order valence-electron chi connectivity index (χ3n) is 5.93. The van der Waals surface area contributed by atoms with E-state index in [1.165, 1.54) is 6.20 Å². The standard InChI is InChI=1S/C25H30N6O3/c1-25(2,3)22-21(32)16(26)11-19(34-22)15-9-10-28-12-18(15)31-24(33)20-23(27)29-13-17(30-20)14-7-5-4-6-8-14/h4-10,12-13,16,19,21-22,32H,11,26H2,1-3H3,(H2,27,29)(H,31,33)/t16-,19+,21-,22-/m0/s1. The normalized spacial score (nSPS) is 22.9. The number of nitrogens with zero attached hydrogens (tertiary/aromatic N) is 3. The van der Waals surface area contributed by atoms with Crippen LogP contribution in [0.1, 0.15) is 49.3 Å². The van der Waals surface area contributed by atoms with E-state index in [1.807, 2.05) is 51.1 Å². The molecule has 34 heavy (non-hydrogen) atoms. The molecule has 9 nitrogen and oxygen atoms in total.